The lowest BCUT2D eigenvalue weighted by Gasteiger charge is -2.31. The van der Waals surface area contributed by atoms with E-state index in [4.69, 9.17) is 4.42 Å². The molecule has 0 bridgehead atoms. The Labute approximate surface area is 171 Å². The number of anilines is 1. The van der Waals surface area contributed by atoms with E-state index in [0.29, 0.717) is 30.3 Å². The number of hydrogen-bond acceptors (Lipinski definition) is 4. The molecule has 1 atom stereocenters. The summed E-state index contributed by atoms with van der Waals surface area (Å²) < 4.78 is 6.58. The van der Waals surface area contributed by atoms with Gasteiger partial charge in [-0.05, 0) is 60.0 Å². The van der Waals surface area contributed by atoms with Gasteiger partial charge in [0, 0.05) is 24.2 Å². The number of carbonyl (C=O) groups is 2. The Morgan fingerprint density at radius 1 is 1.25 bits per heavy atom. The monoisotopic (exact) mass is 441 g/mol. The van der Waals surface area contributed by atoms with Crippen LogP contribution in [0.1, 0.15) is 29.1 Å². The van der Waals surface area contributed by atoms with Crippen molar-refractivity contribution in [2.75, 3.05) is 18.4 Å². The zero-order valence-electron chi connectivity index (χ0n) is 15.4. The van der Waals surface area contributed by atoms with Crippen molar-refractivity contribution in [3.63, 3.8) is 0 Å². The highest BCUT2D eigenvalue weighted by atomic mass is 79.9. The SMILES string of the molecule is Cc1cccc(NC(=O)C2CCCN(C(=O)c3cc4cccc(Br)c4o3)C2)n1. The van der Waals surface area contributed by atoms with E-state index in [-0.39, 0.29) is 17.7 Å². The molecule has 2 aromatic heterocycles. The number of nitrogens with zero attached hydrogens (tertiary/aromatic N) is 2. The Bertz CT molecular complexity index is 1050. The molecule has 6 nitrogen and oxygen atoms in total. The molecule has 1 aromatic carbocycles. The largest absolute Gasteiger partial charge is 0.450 e. The molecule has 28 heavy (non-hydrogen) atoms. The summed E-state index contributed by atoms with van der Waals surface area (Å²) in [7, 11) is 0. The summed E-state index contributed by atoms with van der Waals surface area (Å²) in [5.74, 6) is 0.271. The molecular weight excluding hydrogens is 422 g/mol. The standard InChI is InChI=1S/C21H20BrN3O3/c1-13-5-2-9-18(23-13)24-20(26)15-7-4-10-25(12-15)21(27)17-11-14-6-3-8-16(22)19(14)28-17/h2-3,5-6,8-9,11,15H,4,7,10,12H2,1H3,(H,23,24,26). The number of fused-ring (bicyclic) bond motifs is 1. The molecule has 7 heteroatoms. The van der Waals surface area contributed by atoms with E-state index in [1.807, 2.05) is 37.3 Å². The van der Waals surface area contributed by atoms with E-state index in [2.05, 4.69) is 26.2 Å². The van der Waals surface area contributed by atoms with Gasteiger partial charge in [0.2, 0.25) is 5.91 Å². The van der Waals surface area contributed by atoms with Gasteiger partial charge in [-0.1, -0.05) is 18.2 Å². The summed E-state index contributed by atoms with van der Waals surface area (Å²) in [6.07, 6.45) is 1.52. The Morgan fingerprint density at radius 2 is 2.07 bits per heavy atom. The predicted octanol–water partition coefficient (Wildman–Crippen LogP) is 4.39. The second-order valence-electron chi connectivity index (χ2n) is 7.01. The third-order valence-electron chi connectivity index (χ3n) is 4.93. The zero-order valence-corrected chi connectivity index (χ0v) is 17.0. The lowest BCUT2D eigenvalue weighted by molar-refractivity contribution is -0.121. The molecule has 0 spiro atoms. The number of likely N-dealkylation sites (tertiary alicyclic amines) is 1. The number of hydrogen-bond donors (Lipinski definition) is 1. The average molecular weight is 442 g/mol. The third-order valence-corrected chi connectivity index (χ3v) is 5.55. The van der Waals surface area contributed by atoms with Crippen molar-refractivity contribution in [3.8, 4) is 0 Å². The van der Waals surface area contributed by atoms with E-state index in [0.717, 1.165) is 28.4 Å². The second kappa shape index (κ2) is 7.75. The van der Waals surface area contributed by atoms with E-state index in [1.54, 1.807) is 17.0 Å². The van der Waals surface area contributed by atoms with E-state index >= 15 is 0 Å². The Hall–Kier alpha value is -2.67. The Kier molecular flexibility index (Phi) is 5.17. The maximum atomic E-state index is 12.9. The fraction of sp³-hybridized carbons (Fsp3) is 0.286. The number of para-hydroxylation sites is 1. The minimum absolute atomic E-state index is 0.108. The molecule has 1 saturated heterocycles. The number of benzene rings is 1. The van der Waals surface area contributed by atoms with Crippen molar-refractivity contribution in [2.45, 2.75) is 19.8 Å². The molecule has 0 saturated carbocycles. The summed E-state index contributed by atoms with van der Waals surface area (Å²) in [6, 6.07) is 12.9. The summed E-state index contributed by atoms with van der Waals surface area (Å²) in [5.41, 5.74) is 1.50. The minimum atomic E-state index is -0.267. The van der Waals surface area contributed by atoms with Gasteiger partial charge in [-0.3, -0.25) is 9.59 Å². The molecule has 2 amide bonds. The number of rotatable bonds is 3. The first-order chi connectivity index (χ1) is 13.5. The molecule has 1 unspecified atom stereocenters. The van der Waals surface area contributed by atoms with Crippen molar-refractivity contribution in [1.82, 2.24) is 9.88 Å². The van der Waals surface area contributed by atoms with Gasteiger partial charge in [-0.15, -0.1) is 0 Å². The molecule has 1 fully saturated rings. The van der Waals surface area contributed by atoms with Gasteiger partial charge >= 0.3 is 0 Å². The first kappa shape index (κ1) is 18.7. The first-order valence-corrected chi connectivity index (χ1v) is 10.0. The minimum Gasteiger partial charge on any atom is -0.450 e. The molecule has 1 aliphatic heterocycles. The maximum Gasteiger partial charge on any atom is 0.289 e. The molecule has 0 radical (unpaired) electrons. The molecule has 0 aliphatic carbocycles. The number of aromatic nitrogens is 1. The van der Waals surface area contributed by atoms with Crippen LogP contribution in [-0.4, -0.2) is 34.8 Å². The Morgan fingerprint density at radius 3 is 2.86 bits per heavy atom. The number of piperidine rings is 1. The van der Waals surface area contributed by atoms with E-state index < -0.39 is 0 Å². The summed E-state index contributed by atoms with van der Waals surface area (Å²) >= 11 is 3.44. The Balaban J connectivity index is 1.47. The number of furan rings is 1. The van der Waals surface area contributed by atoms with Crippen molar-refractivity contribution in [1.29, 1.82) is 0 Å². The quantitative estimate of drug-likeness (QED) is 0.653. The lowest BCUT2D eigenvalue weighted by Crippen LogP contribution is -2.43. The van der Waals surface area contributed by atoms with Gasteiger partial charge in [-0.2, -0.15) is 0 Å². The summed E-state index contributed by atoms with van der Waals surface area (Å²) in [4.78, 5) is 31.6. The highest BCUT2D eigenvalue weighted by Crippen LogP contribution is 2.28. The first-order valence-electron chi connectivity index (χ1n) is 9.23. The number of carbonyl (C=O) groups excluding carboxylic acids is 2. The normalized spacial score (nSPS) is 16.9. The van der Waals surface area contributed by atoms with Crippen LogP contribution in [0.4, 0.5) is 5.82 Å². The number of nitrogens with one attached hydrogen (secondary N) is 1. The van der Waals surface area contributed by atoms with Gasteiger partial charge in [-0.25, -0.2) is 4.98 Å². The fourth-order valence-electron chi connectivity index (χ4n) is 3.51. The van der Waals surface area contributed by atoms with E-state index in [1.165, 1.54) is 0 Å². The highest BCUT2D eigenvalue weighted by Gasteiger charge is 2.30. The van der Waals surface area contributed by atoms with Crippen molar-refractivity contribution in [3.05, 3.63) is 58.4 Å². The summed E-state index contributed by atoms with van der Waals surface area (Å²) in [5, 5.41) is 3.73. The summed E-state index contributed by atoms with van der Waals surface area (Å²) in [6.45, 7) is 2.86. The van der Waals surface area contributed by atoms with Gasteiger partial charge < -0.3 is 14.6 Å². The highest BCUT2D eigenvalue weighted by molar-refractivity contribution is 9.10. The number of pyridine rings is 1. The van der Waals surface area contributed by atoms with Gasteiger partial charge in [0.05, 0.1) is 10.4 Å². The smallest absolute Gasteiger partial charge is 0.289 e. The van der Waals surface area contributed by atoms with Crippen LogP contribution in [0.2, 0.25) is 0 Å². The van der Waals surface area contributed by atoms with Crippen LogP contribution in [-0.2, 0) is 4.79 Å². The van der Waals surface area contributed by atoms with Gasteiger partial charge in [0.1, 0.15) is 11.4 Å². The lowest BCUT2D eigenvalue weighted by atomic mass is 9.97. The maximum absolute atomic E-state index is 12.9. The molecule has 144 valence electrons. The van der Waals surface area contributed by atoms with Gasteiger partial charge in [0.15, 0.2) is 5.76 Å². The molecule has 1 aliphatic rings. The molecular formula is C21H20BrN3O3. The van der Waals surface area contributed by atoms with Crippen LogP contribution in [0.25, 0.3) is 11.0 Å². The van der Waals surface area contributed by atoms with Gasteiger partial charge in [0.25, 0.3) is 5.91 Å². The number of amides is 2. The molecule has 4 rings (SSSR count). The van der Waals surface area contributed by atoms with Crippen LogP contribution < -0.4 is 5.32 Å². The molecule has 3 heterocycles. The number of aryl methyl sites for hydroxylation is 1. The van der Waals surface area contributed by atoms with Crippen molar-refractivity contribution in [2.24, 2.45) is 5.92 Å². The van der Waals surface area contributed by atoms with Crippen molar-refractivity contribution >= 4 is 44.5 Å². The van der Waals surface area contributed by atoms with Crippen LogP contribution in [0.5, 0.6) is 0 Å². The molecule has 3 aromatic rings. The van der Waals surface area contributed by atoms with E-state index in [9.17, 15) is 9.59 Å². The predicted molar refractivity (Wildman–Crippen MR) is 110 cm³/mol. The third kappa shape index (κ3) is 3.80. The topological polar surface area (TPSA) is 75.4 Å². The van der Waals surface area contributed by atoms with Crippen LogP contribution in [0.15, 0.2) is 51.4 Å². The van der Waals surface area contributed by atoms with Crippen LogP contribution in [0, 0.1) is 12.8 Å². The van der Waals surface area contributed by atoms with Crippen LogP contribution >= 0.6 is 15.9 Å². The number of halogens is 1. The zero-order chi connectivity index (χ0) is 19.7. The second-order valence-corrected chi connectivity index (χ2v) is 7.87. The fourth-order valence-corrected chi connectivity index (χ4v) is 3.97. The average Bonchev–Trinajstić information content (AvgIpc) is 3.13. The van der Waals surface area contributed by atoms with Crippen LogP contribution in [0.3, 0.4) is 0 Å². The van der Waals surface area contributed by atoms with Crippen molar-refractivity contribution < 1.29 is 14.0 Å². The molecule has 1 N–H and O–H groups in total.